The first-order valence-corrected chi connectivity index (χ1v) is 9.03. The van der Waals surface area contributed by atoms with Crippen molar-refractivity contribution in [1.82, 2.24) is 10.3 Å². The third-order valence-corrected chi connectivity index (χ3v) is 4.28. The van der Waals surface area contributed by atoms with Gasteiger partial charge < -0.3 is 19.8 Å². The van der Waals surface area contributed by atoms with E-state index in [2.05, 4.69) is 16.4 Å². The summed E-state index contributed by atoms with van der Waals surface area (Å²) in [6, 6.07) is 13.7. The van der Waals surface area contributed by atoms with Crippen LogP contribution in [0.3, 0.4) is 0 Å². The quantitative estimate of drug-likeness (QED) is 0.595. The Labute approximate surface area is 159 Å². The predicted molar refractivity (Wildman–Crippen MR) is 108 cm³/mol. The SMILES string of the molecule is CCOc1cc(/C=C/C(=O)NCCc2c[nH]c3ccccc23)ccc1OC. The van der Waals surface area contributed by atoms with Gasteiger partial charge in [-0.2, -0.15) is 0 Å². The van der Waals surface area contributed by atoms with E-state index < -0.39 is 0 Å². The van der Waals surface area contributed by atoms with E-state index >= 15 is 0 Å². The van der Waals surface area contributed by atoms with Crippen molar-refractivity contribution < 1.29 is 14.3 Å². The number of fused-ring (bicyclic) bond motifs is 1. The molecule has 0 unspecified atom stereocenters. The summed E-state index contributed by atoms with van der Waals surface area (Å²) in [4.78, 5) is 15.3. The lowest BCUT2D eigenvalue weighted by molar-refractivity contribution is -0.116. The fourth-order valence-corrected chi connectivity index (χ4v) is 2.95. The van der Waals surface area contributed by atoms with Crippen molar-refractivity contribution in [2.24, 2.45) is 0 Å². The fraction of sp³-hybridized carbons (Fsp3) is 0.227. The van der Waals surface area contributed by atoms with Crippen molar-refractivity contribution in [3.05, 3.63) is 65.9 Å². The van der Waals surface area contributed by atoms with Gasteiger partial charge in [-0.3, -0.25) is 4.79 Å². The van der Waals surface area contributed by atoms with Crippen molar-refractivity contribution in [2.75, 3.05) is 20.3 Å². The molecule has 27 heavy (non-hydrogen) atoms. The first kappa shape index (κ1) is 18.6. The fourth-order valence-electron chi connectivity index (χ4n) is 2.95. The van der Waals surface area contributed by atoms with E-state index in [4.69, 9.17) is 9.47 Å². The van der Waals surface area contributed by atoms with Crippen LogP contribution in [0.5, 0.6) is 11.5 Å². The minimum absolute atomic E-state index is 0.122. The summed E-state index contributed by atoms with van der Waals surface area (Å²) in [6.07, 6.45) is 6.08. The second-order valence-electron chi connectivity index (χ2n) is 6.08. The molecule has 0 radical (unpaired) electrons. The number of nitrogens with one attached hydrogen (secondary N) is 2. The smallest absolute Gasteiger partial charge is 0.244 e. The highest BCUT2D eigenvalue weighted by Gasteiger charge is 2.05. The average molecular weight is 364 g/mol. The molecule has 0 aliphatic carbocycles. The number of hydrogen-bond acceptors (Lipinski definition) is 3. The molecule has 140 valence electrons. The highest BCUT2D eigenvalue weighted by Crippen LogP contribution is 2.28. The van der Waals surface area contributed by atoms with Gasteiger partial charge in [-0.1, -0.05) is 24.3 Å². The van der Waals surface area contributed by atoms with Crippen molar-refractivity contribution in [3.8, 4) is 11.5 Å². The molecule has 3 aromatic rings. The van der Waals surface area contributed by atoms with Crippen LogP contribution in [-0.4, -0.2) is 31.2 Å². The number of carbonyl (C=O) groups is 1. The molecule has 5 nitrogen and oxygen atoms in total. The molecule has 1 aromatic heterocycles. The zero-order chi connectivity index (χ0) is 19.1. The summed E-state index contributed by atoms with van der Waals surface area (Å²) in [6.45, 7) is 3.05. The van der Waals surface area contributed by atoms with Crippen LogP contribution in [0.1, 0.15) is 18.1 Å². The maximum absolute atomic E-state index is 12.1. The summed E-state index contributed by atoms with van der Waals surface area (Å²) in [7, 11) is 1.61. The van der Waals surface area contributed by atoms with Crippen LogP contribution in [0, 0.1) is 0 Å². The maximum atomic E-state index is 12.1. The van der Waals surface area contributed by atoms with Crippen LogP contribution < -0.4 is 14.8 Å². The Morgan fingerprint density at radius 1 is 1.19 bits per heavy atom. The van der Waals surface area contributed by atoms with Crippen LogP contribution in [-0.2, 0) is 11.2 Å². The van der Waals surface area contributed by atoms with Gasteiger partial charge in [-0.25, -0.2) is 0 Å². The Bertz CT molecular complexity index is 944. The molecule has 5 heteroatoms. The summed E-state index contributed by atoms with van der Waals surface area (Å²) >= 11 is 0. The van der Waals surface area contributed by atoms with Gasteiger partial charge in [0, 0.05) is 29.7 Å². The normalized spacial score (nSPS) is 11.0. The lowest BCUT2D eigenvalue weighted by Gasteiger charge is -2.09. The van der Waals surface area contributed by atoms with E-state index in [1.54, 1.807) is 13.2 Å². The van der Waals surface area contributed by atoms with Crippen molar-refractivity contribution in [3.63, 3.8) is 0 Å². The van der Waals surface area contributed by atoms with E-state index in [1.165, 1.54) is 17.0 Å². The zero-order valence-electron chi connectivity index (χ0n) is 15.6. The predicted octanol–water partition coefficient (Wildman–Crippen LogP) is 3.95. The van der Waals surface area contributed by atoms with Gasteiger partial charge in [0.1, 0.15) is 0 Å². The molecule has 0 saturated carbocycles. The molecule has 1 heterocycles. The van der Waals surface area contributed by atoms with Gasteiger partial charge in [-0.15, -0.1) is 0 Å². The molecule has 0 fully saturated rings. The molecule has 0 aliphatic heterocycles. The molecular weight excluding hydrogens is 340 g/mol. The monoisotopic (exact) mass is 364 g/mol. The Hall–Kier alpha value is -3.21. The number of ether oxygens (including phenoxy) is 2. The molecule has 0 aliphatic rings. The number of aromatic nitrogens is 1. The number of H-pyrrole nitrogens is 1. The first-order valence-electron chi connectivity index (χ1n) is 9.03. The van der Waals surface area contributed by atoms with Gasteiger partial charge in [0.15, 0.2) is 11.5 Å². The van der Waals surface area contributed by atoms with Gasteiger partial charge in [-0.05, 0) is 48.7 Å². The number of rotatable bonds is 8. The maximum Gasteiger partial charge on any atom is 0.244 e. The largest absolute Gasteiger partial charge is 0.493 e. The average Bonchev–Trinajstić information content (AvgIpc) is 3.10. The van der Waals surface area contributed by atoms with E-state index in [0.29, 0.717) is 24.7 Å². The van der Waals surface area contributed by atoms with Gasteiger partial charge in [0.25, 0.3) is 0 Å². The third kappa shape index (κ3) is 4.70. The summed E-state index contributed by atoms with van der Waals surface area (Å²) < 4.78 is 10.8. The lowest BCUT2D eigenvalue weighted by Crippen LogP contribution is -2.23. The van der Waals surface area contributed by atoms with Crippen LogP contribution in [0.2, 0.25) is 0 Å². The molecule has 2 N–H and O–H groups in total. The Balaban J connectivity index is 1.55. The molecule has 2 aromatic carbocycles. The lowest BCUT2D eigenvalue weighted by atomic mass is 10.1. The van der Waals surface area contributed by atoms with Gasteiger partial charge >= 0.3 is 0 Å². The Kier molecular flexibility index (Phi) is 6.15. The van der Waals surface area contributed by atoms with Crippen LogP contribution in [0.4, 0.5) is 0 Å². The number of para-hydroxylation sites is 1. The first-order chi connectivity index (χ1) is 13.2. The molecule has 0 saturated heterocycles. The second-order valence-corrected chi connectivity index (χ2v) is 6.08. The second kappa shape index (κ2) is 8.94. The molecular formula is C22H24N2O3. The van der Waals surface area contributed by atoms with Crippen molar-refractivity contribution in [1.29, 1.82) is 0 Å². The van der Waals surface area contributed by atoms with Crippen LogP contribution in [0.25, 0.3) is 17.0 Å². The number of carbonyl (C=O) groups excluding carboxylic acids is 1. The highest BCUT2D eigenvalue weighted by molar-refractivity contribution is 5.91. The summed E-state index contributed by atoms with van der Waals surface area (Å²) in [5.74, 6) is 1.22. The summed E-state index contributed by atoms with van der Waals surface area (Å²) in [5.41, 5.74) is 3.20. The minimum atomic E-state index is -0.122. The third-order valence-electron chi connectivity index (χ3n) is 4.28. The van der Waals surface area contributed by atoms with E-state index in [0.717, 1.165) is 17.5 Å². The number of benzene rings is 2. The van der Waals surface area contributed by atoms with E-state index in [9.17, 15) is 4.79 Å². The Morgan fingerprint density at radius 3 is 2.85 bits per heavy atom. The zero-order valence-corrected chi connectivity index (χ0v) is 15.6. The van der Waals surface area contributed by atoms with Gasteiger partial charge in [0.05, 0.1) is 13.7 Å². The molecule has 0 bridgehead atoms. The number of amides is 1. The van der Waals surface area contributed by atoms with Gasteiger partial charge in [0.2, 0.25) is 5.91 Å². The van der Waals surface area contributed by atoms with E-state index in [1.807, 2.05) is 49.5 Å². The Morgan fingerprint density at radius 2 is 2.04 bits per heavy atom. The van der Waals surface area contributed by atoms with Crippen molar-refractivity contribution >= 4 is 22.9 Å². The molecule has 3 rings (SSSR count). The number of aromatic amines is 1. The number of methoxy groups -OCH3 is 1. The molecule has 0 spiro atoms. The molecule has 1 amide bonds. The summed E-state index contributed by atoms with van der Waals surface area (Å²) in [5, 5.41) is 4.12. The highest BCUT2D eigenvalue weighted by atomic mass is 16.5. The molecule has 0 atom stereocenters. The van der Waals surface area contributed by atoms with Crippen LogP contribution in [0.15, 0.2) is 54.7 Å². The topological polar surface area (TPSA) is 63.3 Å². The number of hydrogen-bond donors (Lipinski definition) is 2. The van der Waals surface area contributed by atoms with E-state index in [-0.39, 0.29) is 5.91 Å². The minimum Gasteiger partial charge on any atom is -0.493 e. The standard InChI is InChI=1S/C22H24N2O3/c1-3-27-21-14-16(8-10-20(21)26-2)9-11-22(25)23-13-12-17-15-24-19-7-5-4-6-18(17)19/h4-11,14-15,24H,3,12-13H2,1-2H3,(H,23,25)/b11-9+. The van der Waals surface area contributed by atoms with Crippen LogP contribution >= 0.6 is 0 Å². The van der Waals surface area contributed by atoms with Crippen molar-refractivity contribution in [2.45, 2.75) is 13.3 Å².